The molecule has 7 nitrogen and oxygen atoms in total. The number of alkyl halides is 6. The van der Waals surface area contributed by atoms with Crippen molar-refractivity contribution >= 4 is 17.8 Å². The lowest BCUT2D eigenvalue weighted by atomic mass is 10.1. The Morgan fingerprint density at radius 2 is 1.42 bits per heavy atom. The van der Waals surface area contributed by atoms with Crippen molar-refractivity contribution in [1.29, 1.82) is 0 Å². The molecule has 0 aliphatic carbocycles. The molecular formula is C24H24F7N3O4. The number of rotatable bonds is 6. The fourth-order valence-electron chi connectivity index (χ4n) is 3.35. The van der Waals surface area contributed by atoms with Crippen LogP contribution in [0.3, 0.4) is 0 Å². The summed E-state index contributed by atoms with van der Waals surface area (Å²) in [4.78, 5) is 37.5. The zero-order valence-corrected chi connectivity index (χ0v) is 19.8. The van der Waals surface area contributed by atoms with Crippen molar-refractivity contribution in [2.75, 3.05) is 32.7 Å². The number of carbonyl (C=O) groups is 3. The fourth-order valence-corrected chi connectivity index (χ4v) is 3.35. The van der Waals surface area contributed by atoms with Crippen LogP contribution in [-0.4, -0.2) is 71.6 Å². The number of nitrogens with one attached hydrogen (secondary N) is 1. The van der Waals surface area contributed by atoms with Gasteiger partial charge in [-0.3, -0.25) is 9.59 Å². The van der Waals surface area contributed by atoms with Crippen molar-refractivity contribution in [3.63, 3.8) is 0 Å². The largest absolute Gasteiger partial charge is 0.490 e. The van der Waals surface area contributed by atoms with Gasteiger partial charge in [-0.2, -0.15) is 26.3 Å². The topological polar surface area (TPSA) is 90.0 Å². The Morgan fingerprint density at radius 1 is 0.895 bits per heavy atom. The highest BCUT2D eigenvalue weighted by atomic mass is 19.4. The van der Waals surface area contributed by atoms with Gasteiger partial charge < -0.3 is 20.2 Å². The highest BCUT2D eigenvalue weighted by Crippen LogP contribution is 2.29. The second-order valence-corrected chi connectivity index (χ2v) is 8.11. The van der Waals surface area contributed by atoms with Gasteiger partial charge in [0, 0.05) is 51.3 Å². The maximum Gasteiger partial charge on any atom is 0.490 e. The summed E-state index contributed by atoms with van der Waals surface area (Å²) >= 11 is 0. The third-order valence-corrected chi connectivity index (χ3v) is 5.34. The Kier molecular flexibility index (Phi) is 10.6. The first-order valence-electron chi connectivity index (χ1n) is 11.2. The lowest BCUT2D eigenvalue weighted by molar-refractivity contribution is -0.192. The summed E-state index contributed by atoms with van der Waals surface area (Å²) in [6.07, 6.45) is -9.49. The predicted molar refractivity (Wildman–Crippen MR) is 120 cm³/mol. The number of nitrogens with zero attached hydrogens (tertiary/aromatic N) is 2. The number of carbonyl (C=O) groups excluding carboxylic acids is 2. The quantitative estimate of drug-likeness (QED) is 0.531. The second-order valence-electron chi connectivity index (χ2n) is 8.11. The second kappa shape index (κ2) is 13.2. The normalized spacial score (nSPS) is 13.8. The molecule has 0 radical (unpaired) electrons. The zero-order chi connectivity index (χ0) is 28.5. The maximum absolute atomic E-state index is 13.2. The standard InChI is InChI=1S/C22H23F4N3O2.C2HF3O2/c23-19-7-1-16(2-8-19)15-29(12-9-20(30)28-13-10-27-11-14-28)21(31)17-3-5-18(6-4-17)22(24,25)26;3-2(4,5)1(6)7/h1-8,27H,9-15H2;(H,6,7). The van der Waals surface area contributed by atoms with Crippen LogP contribution >= 0.6 is 0 Å². The number of piperazine rings is 1. The van der Waals surface area contributed by atoms with Gasteiger partial charge in [0.25, 0.3) is 5.91 Å². The third-order valence-electron chi connectivity index (χ3n) is 5.34. The van der Waals surface area contributed by atoms with Gasteiger partial charge in [-0.1, -0.05) is 12.1 Å². The van der Waals surface area contributed by atoms with Gasteiger partial charge in [-0.15, -0.1) is 0 Å². The highest BCUT2D eigenvalue weighted by Gasteiger charge is 2.38. The molecule has 0 atom stereocenters. The average Bonchev–Trinajstić information content (AvgIpc) is 2.87. The lowest BCUT2D eigenvalue weighted by Crippen LogP contribution is -2.47. The summed E-state index contributed by atoms with van der Waals surface area (Å²) in [5, 5.41) is 10.3. The van der Waals surface area contributed by atoms with Crippen LogP contribution in [0, 0.1) is 5.82 Å². The van der Waals surface area contributed by atoms with Crippen LogP contribution in [-0.2, 0) is 22.3 Å². The van der Waals surface area contributed by atoms with Gasteiger partial charge in [-0.05, 0) is 42.0 Å². The minimum Gasteiger partial charge on any atom is -0.475 e. The molecule has 1 saturated heterocycles. The minimum absolute atomic E-state index is 0.0877. The minimum atomic E-state index is -5.08. The van der Waals surface area contributed by atoms with E-state index in [1.807, 2.05) is 0 Å². The zero-order valence-electron chi connectivity index (χ0n) is 19.8. The molecule has 0 unspecified atom stereocenters. The lowest BCUT2D eigenvalue weighted by Gasteiger charge is -2.29. The van der Waals surface area contributed by atoms with Crippen LogP contribution in [0.5, 0.6) is 0 Å². The van der Waals surface area contributed by atoms with Crippen molar-refractivity contribution in [2.45, 2.75) is 25.3 Å². The van der Waals surface area contributed by atoms with E-state index in [9.17, 15) is 40.3 Å². The first-order chi connectivity index (χ1) is 17.7. The van der Waals surface area contributed by atoms with Crippen molar-refractivity contribution in [3.8, 4) is 0 Å². The van der Waals surface area contributed by atoms with Crippen molar-refractivity contribution in [1.82, 2.24) is 15.1 Å². The number of hydrogen-bond donors (Lipinski definition) is 2. The van der Waals surface area contributed by atoms with E-state index in [0.717, 1.165) is 24.3 Å². The fraction of sp³-hybridized carbons (Fsp3) is 0.375. The SMILES string of the molecule is O=C(CCN(Cc1ccc(F)cc1)C(=O)c1ccc(C(F)(F)F)cc1)N1CCNCC1.O=C(O)C(F)(F)F. The molecule has 14 heteroatoms. The first-order valence-corrected chi connectivity index (χ1v) is 11.2. The summed E-state index contributed by atoms with van der Waals surface area (Å²) < 4.78 is 83.4. The van der Waals surface area contributed by atoms with E-state index >= 15 is 0 Å². The van der Waals surface area contributed by atoms with E-state index in [1.54, 1.807) is 4.90 Å². The first kappa shape index (κ1) is 30.5. The molecule has 3 rings (SSSR count). The number of aliphatic carboxylic acids is 1. The third kappa shape index (κ3) is 9.65. The van der Waals surface area contributed by atoms with E-state index in [1.165, 1.54) is 29.2 Å². The van der Waals surface area contributed by atoms with Crippen LogP contribution in [0.1, 0.15) is 27.9 Å². The van der Waals surface area contributed by atoms with Gasteiger partial charge in [-0.25, -0.2) is 9.18 Å². The van der Waals surface area contributed by atoms with Gasteiger partial charge in [0.05, 0.1) is 5.56 Å². The van der Waals surface area contributed by atoms with Gasteiger partial charge in [0.2, 0.25) is 5.91 Å². The van der Waals surface area contributed by atoms with Gasteiger partial charge in [0.1, 0.15) is 5.82 Å². The molecule has 0 spiro atoms. The van der Waals surface area contributed by atoms with E-state index in [4.69, 9.17) is 9.90 Å². The number of hydrogen-bond acceptors (Lipinski definition) is 4. The molecule has 2 amide bonds. The Morgan fingerprint density at radius 3 is 1.89 bits per heavy atom. The van der Waals surface area contributed by atoms with E-state index < -0.39 is 35.6 Å². The van der Waals surface area contributed by atoms with Gasteiger partial charge in [0.15, 0.2) is 0 Å². The maximum atomic E-state index is 13.2. The molecule has 1 fully saturated rings. The molecule has 208 valence electrons. The molecule has 38 heavy (non-hydrogen) atoms. The van der Waals surface area contributed by atoms with Crippen molar-refractivity contribution < 1.29 is 50.2 Å². The molecule has 2 N–H and O–H groups in total. The monoisotopic (exact) mass is 551 g/mol. The van der Waals surface area contributed by atoms with Crippen LogP contribution in [0.25, 0.3) is 0 Å². The van der Waals surface area contributed by atoms with Gasteiger partial charge >= 0.3 is 18.3 Å². The Hall–Kier alpha value is -3.68. The number of halogens is 7. The Bertz CT molecular complexity index is 1080. The molecular weight excluding hydrogens is 527 g/mol. The van der Waals surface area contributed by atoms with Crippen LogP contribution in [0.2, 0.25) is 0 Å². The number of benzene rings is 2. The van der Waals surface area contributed by atoms with Crippen molar-refractivity contribution in [2.24, 2.45) is 0 Å². The smallest absolute Gasteiger partial charge is 0.475 e. The van der Waals surface area contributed by atoms with Crippen LogP contribution < -0.4 is 5.32 Å². The summed E-state index contributed by atoms with van der Waals surface area (Å²) in [5.74, 6) is -3.76. The van der Waals surface area contributed by atoms with E-state index in [0.29, 0.717) is 31.7 Å². The van der Waals surface area contributed by atoms with Crippen LogP contribution in [0.4, 0.5) is 30.7 Å². The molecule has 0 saturated carbocycles. The van der Waals surface area contributed by atoms with Crippen molar-refractivity contribution in [3.05, 3.63) is 71.0 Å². The molecule has 1 aliphatic rings. The summed E-state index contributed by atoms with van der Waals surface area (Å²) in [5.41, 5.74) is -0.107. The molecule has 0 bridgehead atoms. The summed E-state index contributed by atoms with van der Waals surface area (Å²) in [6.45, 7) is 2.79. The number of carboxylic acids is 1. The van der Waals surface area contributed by atoms with E-state index in [2.05, 4.69) is 5.32 Å². The molecule has 0 aromatic heterocycles. The average molecular weight is 551 g/mol. The molecule has 2 aromatic rings. The Labute approximate surface area is 212 Å². The van der Waals surface area contributed by atoms with E-state index in [-0.39, 0.29) is 31.0 Å². The van der Waals surface area contributed by atoms with Crippen LogP contribution in [0.15, 0.2) is 48.5 Å². The predicted octanol–water partition coefficient (Wildman–Crippen LogP) is 3.94. The molecule has 1 heterocycles. The summed E-state index contributed by atoms with van der Waals surface area (Å²) in [7, 11) is 0. The summed E-state index contributed by atoms with van der Waals surface area (Å²) in [6, 6.07) is 9.55. The Balaban J connectivity index is 0.000000638. The highest BCUT2D eigenvalue weighted by molar-refractivity contribution is 5.94. The number of carboxylic acid groups (broad SMARTS) is 1. The molecule has 2 aromatic carbocycles. The number of amides is 2. The molecule has 1 aliphatic heterocycles.